The van der Waals surface area contributed by atoms with E-state index in [-0.39, 0.29) is 18.7 Å². The Labute approximate surface area is 162 Å². The van der Waals surface area contributed by atoms with Crippen molar-refractivity contribution in [2.45, 2.75) is 78.1 Å². The van der Waals surface area contributed by atoms with Gasteiger partial charge in [-0.3, -0.25) is 9.59 Å². The van der Waals surface area contributed by atoms with Crippen molar-refractivity contribution in [2.75, 3.05) is 29.8 Å². The van der Waals surface area contributed by atoms with Crippen LogP contribution in [0.1, 0.15) is 78.1 Å². The molecule has 0 aliphatic rings. The number of carbonyl (C=O) groups is 2. The highest BCUT2D eigenvalue weighted by atomic mass is 32.2. The number of esters is 2. The van der Waals surface area contributed by atoms with Crippen LogP contribution in [0.5, 0.6) is 0 Å². The van der Waals surface area contributed by atoms with E-state index in [1.165, 1.54) is 51.4 Å². The normalized spacial score (nSPS) is 10.6. The SMILES string of the molecule is CCCCCCSCCC(=O)OCOC(=O)CCSCCCCCC. The lowest BCUT2D eigenvalue weighted by atomic mass is 10.2. The van der Waals surface area contributed by atoms with Crippen molar-refractivity contribution in [1.82, 2.24) is 0 Å². The molecular weight excluding hydrogens is 356 g/mol. The Morgan fingerprint density at radius 1 is 0.640 bits per heavy atom. The number of carbonyl (C=O) groups excluding carboxylic acids is 2. The molecule has 0 atom stereocenters. The number of unbranched alkanes of at least 4 members (excludes halogenated alkanes) is 6. The summed E-state index contributed by atoms with van der Waals surface area (Å²) in [6, 6.07) is 0. The van der Waals surface area contributed by atoms with Gasteiger partial charge in [0.05, 0.1) is 12.8 Å². The van der Waals surface area contributed by atoms with E-state index in [9.17, 15) is 9.59 Å². The largest absolute Gasteiger partial charge is 0.428 e. The maximum absolute atomic E-state index is 11.5. The fourth-order valence-corrected chi connectivity index (χ4v) is 3.93. The molecule has 0 unspecified atom stereocenters. The zero-order chi connectivity index (χ0) is 18.6. The molecule has 0 aromatic rings. The highest BCUT2D eigenvalue weighted by molar-refractivity contribution is 7.99. The molecule has 0 aliphatic heterocycles. The van der Waals surface area contributed by atoms with Crippen LogP contribution in [-0.2, 0) is 19.1 Å². The van der Waals surface area contributed by atoms with Crippen LogP contribution in [0.15, 0.2) is 0 Å². The van der Waals surface area contributed by atoms with Gasteiger partial charge in [-0.2, -0.15) is 23.5 Å². The van der Waals surface area contributed by atoms with Crippen molar-refractivity contribution < 1.29 is 19.1 Å². The number of ether oxygens (including phenoxy) is 2. The number of hydrogen-bond acceptors (Lipinski definition) is 6. The Morgan fingerprint density at radius 2 is 1.08 bits per heavy atom. The number of rotatable bonds is 18. The quantitative estimate of drug-likeness (QED) is 0.176. The highest BCUT2D eigenvalue weighted by Gasteiger charge is 2.06. The van der Waals surface area contributed by atoms with Gasteiger partial charge in [0, 0.05) is 11.5 Å². The molecule has 0 spiro atoms. The molecule has 0 saturated heterocycles. The smallest absolute Gasteiger partial charge is 0.309 e. The first-order valence-corrected chi connectivity index (χ1v) is 12.0. The molecule has 0 aromatic heterocycles. The standard InChI is InChI=1S/C19H36O4S2/c1-3-5-7-9-13-24-15-11-18(20)22-17-23-19(21)12-16-25-14-10-8-6-4-2/h3-17H2,1-2H3. The maximum atomic E-state index is 11.5. The van der Waals surface area contributed by atoms with Crippen molar-refractivity contribution in [3.05, 3.63) is 0 Å². The molecule has 0 N–H and O–H groups in total. The monoisotopic (exact) mass is 392 g/mol. The minimum absolute atomic E-state index is 0.250. The van der Waals surface area contributed by atoms with Crippen LogP contribution in [0.25, 0.3) is 0 Å². The highest BCUT2D eigenvalue weighted by Crippen LogP contribution is 2.10. The van der Waals surface area contributed by atoms with Gasteiger partial charge >= 0.3 is 11.9 Å². The topological polar surface area (TPSA) is 52.6 Å². The number of thioether (sulfide) groups is 2. The number of hydrogen-bond donors (Lipinski definition) is 0. The van der Waals surface area contributed by atoms with E-state index in [2.05, 4.69) is 13.8 Å². The summed E-state index contributed by atoms with van der Waals surface area (Å²) in [6.07, 6.45) is 10.8. The second-order valence-electron chi connectivity index (χ2n) is 6.00. The molecule has 0 saturated carbocycles. The van der Waals surface area contributed by atoms with Crippen LogP contribution in [0.3, 0.4) is 0 Å². The van der Waals surface area contributed by atoms with Crippen molar-refractivity contribution in [3.8, 4) is 0 Å². The Bertz CT molecular complexity index is 295. The molecule has 0 amide bonds. The van der Waals surface area contributed by atoms with Crippen molar-refractivity contribution >= 4 is 35.5 Å². The van der Waals surface area contributed by atoms with Crippen LogP contribution in [0.2, 0.25) is 0 Å². The van der Waals surface area contributed by atoms with Gasteiger partial charge < -0.3 is 9.47 Å². The van der Waals surface area contributed by atoms with Crippen LogP contribution in [-0.4, -0.2) is 41.7 Å². The van der Waals surface area contributed by atoms with Gasteiger partial charge in [0.15, 0.2) is 0 Å². The summed E-state index contributed by atoms with van der Waals surface area (Å²) in [6.45, 7) is 4.15. The van der Waals surface area contributed by atoms with E-state index in [1.54, 1.807) is 23.5 Å². The van der Waals surface area contributed by atoms with Gasteiger partial charge in [-0.1, -0.05) is 52.4 Å². The lowest BCUT2D eigenvalue weighted by molar-refractivity contribution is -0.166. The first-order valence-electron chi connectivity index (χ1n) is 9.67. The average Bonchev–Trinajstić information content (AvgIpc) is 2.60. The Balaban J connectivity index is 3.32. The molecule has 6 heteroatoms. The van der Waals surface area contributed by atoms with Gasteiger partial charge in [-0.15, -0.1) is 0 Å². The molecule has 4 nitrogen and oxygen atoms in total. The molecule has 0 radical (unpaired) electrons. The molecule has 0 rings (SSSR count). The molecule has 0 bridgehead atoms. The molecular formula is C19H36O4S2. The van der Waals surface area contributed by atoms with Crippen LogP contribution < -0.4 is 0 Å². The van der Waals surface area contributed by atoms with Gasteiger partial charge in [0.2, 0.25) is 6.79 Å². The Kier molecular flexibility index (Phi) is 19.7. The molecule has 0 heterocycles. The van der Waals surface area contributed by atoms with E-state index in [4.69, 9.17) is 9.47 Å². The summed E-state index contributed by atoms with van der Waals surface area (Å²) < 4.78 is 9.85. The Morgan fingerprint density at radius 3 is 1.48 bits per heavy atom. The maximum Gasteiger partial charge on any atom is 0.309 e. The fraction of sp³-hybridized carbons (Fsp3) is 0.895. The van der Waals surface area contributed by atoms with Crippen molar-refractivity contribution in [3.63, 3.8) is 0 Å². The zero-order valence-corrected chi connectivity index (χ0v) is 17.7. The first-order chi connectivity index (χ1) is 12.2. The third-order valence-electron chi connectivity index (χ3n) is 3.63. The molecule has 0 aliphatic carbocycles. The minimum atomic E-state index is -0.292. The van der Waals surface area contributed by atoms with Gasteiger partial charge in [0.1, 0.15) is 0 Å². The second-order valence-corrected chi connectivity index (χ2v) is 8.45. The average molecular weight is 393 g/mol. The van der Waals surface area contributed by atoms with Crippen LogP contribution in [0, 0.1) is 0 Å². The van der Waals surface area contributed by atoms with Crippen molar-refractivity contribution in [2.24, 2.45) is 0 Å². The minimum Gasteiger partial charge on any atom is -0.428 e. The summed E-state index contributed by atoms with van der Waals surface area (Å²) in [5.74, 6) is 3.15. The van der Waals surface area contributed by atoms with Gasteiger partial charge in [-0.05, 0) is 24.3 Å². The summed E-state index contributed by atoms with van der Waals surface area (Å²) in [5, 5.41) is 0. The predicted molar refractivity (Wildman–Crippen MR) is 109 cm³/mol. The molecule has 0 fully saturated rings. The third kappa shape index (κ3) is 19.8. The van der Waals surface area contributed by atoms with E-state index < -0.39 is 0 Å². The van der Waals surface area contributed by atoms with E-state index >= 15 is 0 Å². The molecule has 25 heavy (non-hydrogen) atoms. The predicted octanol–water partition coefficient (Wildman–Crippen LogP) is 5.44. The van der Waals surface area contributed by atoms with Crippen LogP contribution in [0.4, 0.5) is 0 Å². The summed E-state index contributed by atoms with van der Waals surface area (Å²) >= 11 is 3.56. The fourth-order valence-electron chi connectivity index (χ4n) is 2.08. The lowest BCUT2D eigenvalue weighted by Gasteiger charge is -2.06. The van der Waals surface area contributed by atoms with Gasteiger partial charge in [-0.25, -0.2) is 0 Å². The summed E-state index contributed by atoms with van der Waals surface area (Å²) in [7, 11) is 0. The third-order valence-corrected chi connectivity index (χ3v) is 5.77. The van der Waals surface area contributed by atoms with E-state index in [1.807, 2.05) is 0 Å². The second kappa shape index (κ2) is 20.0. The lowest BCUT2D eigenvalue weighted by Crippen LogP contribution is -2.13. The zero-order valence-electron chi connectivity index (χ0n) is 16.1. The first kappa shape index (κ1) is 24.6. The molecule has 0 aromatic carbocycles. The molecule has 148 valence electrons. The Hall–Kier alpha value is -0.360. The van der Waals surface area contributed by atoms with E-state index in [0.717, 1.165) is 23.0 Å². The van der Waals surface area contributed by atoms with E-state index in [0.29, 0.717) is 12.8 Å². The summed E-state index contributed by atoms with van der Waals surface area (Å²) in [5.41, 5.74) is 0. The summed E-state index contributed by atoms with van der Waals surface area (Å²) in [4.78, 5) is 23.0. The van der Waals surface area contributed by atoms with Crippen molar-refractivity contribution in [1.29, 1.82) is 0 Å². The van der Waals surface area contributed by atoms with Crippen LogP contribution >= 0.6 is 23.5 Å². The van der Waals surface area contributed by atoms with Gasteiger partial charge in [0.25, 0.3) is 0 Å².